The molecule has 0 spiro atoms. The minimum atomic E-state index is -0.532. The van der Waals surface area contributed by atoms with Crippen LogP contribution in [0.5, 0.6) is 0 Å². The van der Waals surface area contributed by atoms with Crippen molar-refractivity contribution >= 4 is 11.7 Å². The van der Waals surface area contributed by atoms with E-state index in [1.807, 2.05) is 6.92 Å². The Morgan fingerprint density at radius 1 is 1.24 bits per heavy atom. The number of likely N-dealkylation sites (N-methyl/N-ethyl adjacent to an activating group) is 1. The number of carbonyl (C=O) groups excluding carboxylic acids is 2. The average Bonchev–Trinajstić information content (AvgIpc) is 3.07. The molecule has 2 aromatic rings. The van der Waals surface area contributed by atoms with Gasteiger partial charge >= 0.3 is 0 Å². The fourth-order valence-corrected chi connectivity index (χ4v) is 2.82. The number of amides is 1. The van der Waals surface area contributed by atoms with Crippen LogP contribution in [-0.2, 0) is 11.2 Å². The van der Waals surface area contributed by atoms with Crippen molar-refractivity contribution in [3.63, 3.8) is 0 Å². The van der Waals surface area contributed by atoms with Crippen LogP contribution >= 0.6 is 0 Å². The van der Waals surface area contributed by atoms with Crippen molar-refractivity contribution in [2.45, 2.75) is 19.8 Å². The minimum absolute atomic E-state index is 0.0800. The van der Waals surface area contributed by atoms with Crippen LogP contribution in [0.2, 0.25) is 0 Å². The van der Waals surface area contributed by atoms with Crippen molar-refractivity contribution < 1.29 is 23.5 Å². The molecule has 0 atom stereocenters. The minimum Gasteiger partial charge on any atom is -0.503 e. The zero-order valence-corrected chi connectivity index (χ0v) is 13.8. The van der Waals surface area contributed by atoms with Crippen molar-refractivity contribution in [3.8, 4) is 0 Å². The van der Waals surface area contributed by atoms with Gasteiger partial charge in [-0.15, -0.1) is 0 Å². The molecule has 1 aliphatic rings. The molecule has 0 radical (unpaired) electrons. The van der Waals surface area contributed by atoms with E-state index in [1.54, 1.807) is 18.2 Å². The maximum Gasteiger partial charge on any atom is 0.289 e. The fraction of sp³-hybridized carbons (Fsp3) is 0.263. The molecule has 5 nitrogen and oxygen atoms in total. The van der Waals surface area contributed by atoms with Crippen molar-refractivity contribution in [2.75, 3.05) is 13.1 Å². The number of carbonyl (C=O) groups is 2. The van der Waals surface area contributed by atoms with E-state index in [4.69, 9.17) is 4.42 Å². The number of halogens is 1. The van der Waals surface area contributed by atoms with Gasteiger partial charge in [0.1, 0.15) is 11.6 Å². The molecule has 0 unspecified atom stereocenters. The second-order valence-corrected chi connectivity index (χ2v) is 5.86. The predicted octanol–water partition coefficient (Wildman–Crippen LogP) is 3.26. The van der Waals surface area contributed by atoms with Gasteiger partial charge in [0.15, 0.2) is 11.5 Å². The van der Waals surface area contributed by atoms with Crippen molar-refractivity contribution in [1.82, 2.24) is 4.90 Å². The summed E-state index contributed by atoms with van der Waals surface area (Å²) in [5, 5.41) is 10.0. The van der Waals surface area contributed by atoms with Gasteiger partial charge in [-0.05, 0) is 43.2 Å². The van der Waals surface area contributed by atoms with Crippen LogP contribution in [0.15, 0.2) is 52.1 Å². The highest BCUT2D eigenvalue weighted by Gasteiger charge is 2.31. The quantitative estimate of drug-likeness (QED) is 0.846. The summed E-state index contributed by atoms with van der Waals surface area (Å²) in [6.45, 7) is 2.68. The molecular weight excluding hydrogens is 325 g/mol. The monoisotopic (exact) mass is 343 g/mol. The average molecular weight is 343 g/mol. The maximum absolute atomic E-state index is 12.9. The number of hydrogen-bond donors (Lipinski definition) is 1. The fourth-order valence-electron chi connectivity index (χ4n) is 2.82. The Balaban J connectivity index is 1.78. The lowest BCUT2D eigenvalue weighted by Crippen LogP contribution is -2.38. The van der Waals surface area contributed by atoms with Gasteiger partial charge in [-0.1, -0.05) is 12.1 Å². The van der Waals surface area contributed by atoms with Crippen molar-refractivity contribution in [3.05, 3.63) is 70.6 Å². The molecule has 1 N–H and O–H groups in total. The van der Waals surface area contributed by atoms with E-state index in [2.05, 4.69) is 0 Å². The summed E-state index contributed by atoms with van der Waals surface area (Å²) in [6, 6.07) is 9.20. The molecule has 2 heterocycles. The molecule has 0 bridgehead atoms. The van der Waals surface area contributed by atoms with E-state index in [1.165, 1.54) is 23.1 Å². The van der Waals surface area contributed by atoms with Crippen molar-refractivity contribution in [1.29, 1.82) is 0 Å². The van der Waals surface area contributed by atoms with E-state index in [9.17, 15) is 19.1 Å². The Hall–Kier alpha value is -2.89. The van der Waals surface area contributed by atoms with Crippen LogP contribution in [0.1, 0.15) is 35.2 Å². The van der Waals surface area contributed by atoms with Crippen LogP contribution in [0.4, 0.5) is 4.39 Å². The van der Waals surface area contributed by atoms with Gasteiger partial charge in [-0.2, -0.15) is 0 Å². The molecule has 0 aliphatic carbocycles. The molecule has 3 rings (SSSR count). The van der Waals surface area contributed by atoms with Crippen LogP contribution in [-0.4, -0.2) is 34.8 Å². The second-order valence-electron chi connectivity index (χ2n) is 5.86. The number of rotatable bonds is 5. The molecule has 1 aromatic heterocycles. The molecule has 25 heavy (non-hydrogen) atoms. The molecule has 1 amide bonds. The van der Waals surface area contributed by atoms with Gasteiger partial charge in [0.05, 0.1) is 5.57 Å². The summed E-state index contributed by atoms with van der Waals surface area (Å²) in [7, 11) is 0. The summed E-state index contributed by atoms with van der Waals surface area (Å²) in [5.74, 6) is -1.20. The standard InChI is InChI=1S/C19H18FNO4/c1-2-21-10-9-15(18(23)19(21)24)17(22)16-8-7-14(25-16)11-12-3-5-13(20)6-4-12/h3-8,23H,2,9-11H2,1H3. The number of nitrogens with zero attached hydrogens (tertiary/aromatic N) is 1. The van der Waals surface area contributed by atoms with Crippen LogP contribution < -0.4 is 0 Å². The number of Topliss-reactive ketones (excluding diaryl/α,β-unsaturated/α-hetero) is 1. The Kier molecular flexibility index (Phi) is 4.70. The van der Waals surface area contributed by atoms with E-state index < -0.39 is 17.4 Å². The lowest BCUT2D eigenvalue weighted by Gasteiger charge is -2.26. The number of ketones is 1. The Morgan fingerprint density at radius 2 is 1.96 bits per heavy atom. The number of furan rings is 1. The van der Waals surface area contributed by atoms with Crippen LogP contribution in [0.25, 0.3) is 0 Å². The van der Waals surface area contributed by atoms with Gasteiger partial charge in [0, 0.05) is 19.5 Å². The topological polar surface area (TPSA) is 70.8 Å². The van der Waals surface area contributed by atoms with Crippen LogP contribution in [0, 0.1) is 5.82 Å². The van der Waals surface area contributed by atoms with Crippen LogP contribution in [0.3, 0.4) is 0 Å². The Morgan fingerprint density at radius 3 is 2.64 bits per heavy atom. The summed E-state index contributed by atoms with van der Waals surface area (Å²) in [4.78, 5) is 26.0. The highest BCUT2D eigenvalue weighted by atomic mass is 19.1. The Labute approximate surface area is 144 Å². The van der Waals surface area contributed by atoms with E-state index >= 15 is 0 Å². The highest BCUT2D eigenvalue weighted by molar-refractivity contribution is 6.12. The summed E-state index contributed by atoms with van der Waals surface area (Å²) in [5.41, 5.74) is 0.931. The lowest BCUT2D eigenvalue weighted by atomic mass is 10.00. The third-order valence-electron chi connectivity index (χ3n) is 4.24. The zero-order chi connectivity index (χ0) is 18.0. The first-order chi connectivity index (χ1) is 12.0. The highest BCUT2D eigenvalue weighted by Crippen LogP contribution is 2.23. The number of hydrogen-bond acceptors (Lipinski definition) is 4. The first-order valence-corrected chi connectivity index (χ1v) is 8.08. The lowest BCUT2D eigenvalue weighted by molar-refractivity contribution is -0.130. The predicted molar refractivity (Wildman–Crippen MR) is 88.8 cm³/mol. The zero-order valence-electron chi connectivity index (χ0n) is 13.8. The first-order valence-electron chi connectivity index (χ1n) is 8.08. The first kappa shape index (κ1) is 17.0. The molecule has 6 heteroatoms. The number of benzene rings is 1. The number of aliphatic hydroxyl groups is 1. The van der Waals surface area contributed by atoms with Gasteiger partial charge in [0.25, 0.3) is 5.91 Å². The number of aliphatic hydroxyl groups excluding tert-OH is 1. The summed E-state index contributed by atoms with van der Waals surface area (Å²) >= 11 is 0. The van der Waals surface area contributed by atoms with Gasteiger partial charge in [-0.25, -0.2) is 4.39 Å². The Bertz CT molecular complexity index is 835. The largest absolute Gasteiger partial charge is 0.503 e. The molecule has 1 aromatic carbocycles. The molecule has 0 saturated carbocycles. The van der Waals surface area contributed by atoms with Gasteiger partial charge < -0.3 is 14.4 Å². The normalized spacial score (nSPS) is 15.0. The molecule has 1 aliphatic heterocycles. The smallest absolute Gasteiger partial charge is 0.289 e. The van der Waals surface area contributed by atoms with Gasteiger partial charge in [-0.3, -0.25) is 9.59 Å². The second kappa shape index (κ2) is 6.93. The van der Waals surface area contributed by atoms with E-state index in [0.29, 0.717) is 25.3 Å². The maximum atomic E-state index is 12.9. The summed E-state index contributed by atoms with van der Waals surface area (Å²) < 4.78 is 18.5. The summed E-state index contributed by atoms with van der Waals surface area (Å²) in [6.07, 6.45) is 0.708. The molecule has 0 saturated heterocycles. The van der Waals surface area contributed by atoms with E-state index in [-0.39, 0.29) is 23.6 Å². The van der Waals surface area contributed by atoms with Crippen molar-refractivity contribution in [2.24, 2.45) is 0 Å². The third-order valence-corrected chi connectivity index (χ3v) is 4.24. The van der Waals surface area contributed by atoms with E-state index in [0.717, 1.165) is 5.56 Å². The SMILES string of the molecule is CCN1CCC(C(=O)c2ccc(Cc3ccc(F)cc3)o2)=C(O)C1=O. The third kappa shape index (κ3) is 3.47. The van der Waals surface area contributed by atoms with Gasteiger partial charge in [0.2, 0.25) is 5.78 Å². The molecule has 0 fully saturated rings. The molecular formula is C19H18FNO4. The molecule has 130 valence electrons.